The summed E-state index contributed by atoms with van der Waals surface area (Å²) in [5.74, 6) is 1.62. The van der Waals surface area contributed by atoms with E-state index in [9.17, 15) is 0 Å². The zero-order valence-electron chi connectivity index (χ0n) is 34.9. The molecular formula is C53H30B5N5O. The van der Waals surface area contributed by atoms with Gasteiger partial charge in [-0.05, 0) is 49.7 Å². The first-order chi connectivity index (χ1) is 31.1. The van der Waals surface area contributed by atoms with Gasteiger partial charge < -0.3 is 8.98 Å². The van der Waals surface area contributed by atoms with Crippen LogP contribution in [0.2, 0.25) is 0 Å². The van der Waals surface area contributed by atoms with E-state index in [-0.39, 0.29) is 27.3 Å². The van der Waals surface area contributed by atoms with Crippen LogP contribution in [-0.4, -0.2) is 63.3 Å². The molecule has 12 rings (SSSR count). The number of furan rings is 1. The van der Waals surface area contributed by atoms with Gasteiger partial charge in [0.05, 0.1) is 22.1 Å². The molecule has 8 aromatic carbocycles. The first-order valence-electron chi connectivity index (χ1n) is 21.0. The summed E-state index contributed by atoms with van der Waals surface area (Å²) in [5, 5.41) is 5.97. The van der Waals surface area contributed by atoms with E-state index < -0.39 is 0 Å². The van der Waals surface area contributed by atoms with Crippen LogP contribution >= 0.6 is 0 Å². The van der Waals surface area contributed by atoms with E-state index in [0.717, 1.165) is 82.3 Å². The molecule has 0 fully saturated rings. The molecule has 288 valence electrons. The standard InChI is InChI=1S/C53H30B5N5O/c1-27-15-19-29(20-16-27)51-59-52(30-21-17-28(2)18-22-30)61-53(60-51)63-40-13-7-4-10-33(40)36-24-23-35-32-9-3-6-12-39(32)62(48(35)49(36)63)31-25-37-34-11-5-8-14-41(34)64-50(37)38(26-31)42-43(54)45(56)47(58)46(57)44(42)55/h3-26H,1-2H3. The minimum atomic E-state index is 0.141. The Kier molecular flexibility index (Phi) is 8.51. The monoisotopic (exact) mass is 807 g/mol. The van der Waals surface area contributed by atoms with Gasteiger partial charge in [0.25, 0.3) is 0 Å². The van der Waals surface area contributed by atoms with E-state index in [4.69, 9.17) is 58.6 Å². The normalized spacial score (nSPS) is 11.9. The lowest BCUT2D eigenvalue weighted by Gasteiger charge is -2.22. The number of benzene rings is 8. The molecular weight excluding hydrogens is 777 g/mol. The van der Waals surface area contributed by atoms with Crippen LogP contribution in [0.15, 0.2) is 150 Å². The average molecular weight is 807 g/mol. The lowest BCUT2D eigenvalue weighted by molar-refractivity contribution is 0.670. The van der Waals surface area contributed by atoms with Crippen molar-refractivity contribution in [3.63, 3.8) is 0 Å². The Hall–Kier alpha value is -7.51. The van der Waals surface area contributed by atoms with Crippen molar-refractivity contribution < 1.29 is 4.42 Å². The van der Waals surface area contributed by atoms with Crippen molar-refractivity contribution >= 4 is 132 Å². The van der Waals surface area contributed by atoms with Gasteiger partial charge in [0.1, 0.15) is 50.4 Å². The molecule has 0 aliphatic heterocycles. The van der Waals surface area contributed by atoms with Gasteiger partial charge in [0.15, 0.2) is 11.6 Å². The third-order valence-corrected chi connectivity index (χ3v) is 12.6. The summed E-state index contributed by atoms with van der Waals surface area (Å²) < 4.78 is 11.1. The minimum absolute atomic E-state index is 0.141. The Morgan fingerprint density at radius 1 is 0.438 bits per heavy atom. The molecule has 0 atom stereocenters. The number of rotatable bonds is 5. The van der Waals surface area contributed by atoms with Gasteiger partial charge in [-0.3, -0.25) is 4.57 Å². The molecule has 4 heterocycles. The number of hydrogen-bond donors (Lipinski definition) is 0. The fraction of sp³-hybridized carbons (Fsp3) is 0.0377. The summed E-state index contributed by atoms with van der Waals surface area (Å²) in [7, 11) is 33.1. The maximum absolute atomic E-state index is 6.83. The Bertz CT molecular complexity index is 3830. The highest BCUT2D eigenvalue weighted by Crippen LogP contribution is 2.44. The van der Waals surface area contributed by atoms with E-state index in [2.05, 4.69) is 138 Å². The van der Waals surface area contributed by atoms with Crippen LogP contribution in [0.4, 0.5) is 0 Å². The molecule has 10 radical (unpaired) electrons. The number of aryl methyl sites for hydroxylation is 2. The molecule has 0 saturated heterocycles. The molecule has 0 unspecified atom stereocenters. The summed E-state index contributed by atoms with van der Waals surface area (Å²) in [6.45, 7) is 4.14. The number of aromatic nitrogens is 5. The topological polar surface area (TPSA) is 61.7 Å². The maximum Gasteiger partial charge on any atom is 0.238 e. The van der Waals surface area contributed by atoms with Crippen molar-refractivity contribution in [3.05, 3.63) is 157 Å². The number of para-hydroxylation sites is 3. The van der Waals surface area contributed by atoms with Crippen molar-refractivity contribution in [3.8, 4) is 45.5 Å². The molecule has 0 N–H and O–H groups in total. The van der Waals surface area contributed by atoms with Crippen LogP contribution in [0, 0.1) is 13.8 Å². The number of nitrogens with zero attached hydrogens (tertiary/aromatic N) is 5. The second-order valence-corrected chi connectivity index (χ2v) is 16.5. The molecule has 6 nitrogen and oxygen atoms in total. The number of hydrogen-bond acceptors (Lipinski definition) is 4. The van der Waals surface area contributed by atoms with E-state index in [0.29, 0.717) is 39.9 Å². The molecule has 4 aromatic heterocycles. The highest BCUT2D eigenvalue weighted by atomic mass is 16.3. The third-order valence-electron chi connectivity index (χ3n) is 12.6. The lowest BCUT2D eigenvalue weighted by atomic mass is 9.59. The lowest BCUT2D eigenvalue weighted by Crippen LogP contribution is -2.55. The first kappa shape index (κ1) is 38.2. The SMILES string of the molecule is [B]c1c([B])c([B])c(-c2cc(-n3c4ccccc4c4ccc5c6ccccc6n(-c6nc(-c7ccc(C)cc7)nc(-c7ccc(C)cc7)n6)c5c43)cc3c2oc2ccccc23)c([B])c1[B]. The minimum Gasteiger partial charge on any atom is -0.455 e. The molecule has 0 aliphatic rings. The third kappa shape index (κ3) is 5.63. The van der Waals surface area contributed by atoms with E-state index in [1.54, 1.807) is 0 Å². The molecule has 11 heteroatoms. The van der Waals surface area contributed by atoms with Gasteiger partial charge in [0.2, 0.25) is 5.95 Å². The Morgan fingerprint density at radius 2 is 0.922 bits per heavy atom. The second kappa shape index (κ2) is 14.3. The first-order valence-corrected chi connectivity index (χ1v) is 21.0. The van der Waals surface area contributed by atoms with Gasteiger partial charge >= 0.3 is 0 Å². The summed E-state index contributed by atoms with van der Waals surface area (Å²) in [4.78, 5) is 15.7. The van der Waals surface area contributed by atoms with Gasteiger partial charge in [0, 0.05) is 54.7 Å². The highest BCUT2D eigenvalue weighted by molar-refractivity contribution is 6.68. The Balaban J connectivity index is 1.25. The van der Waals surface area contributed by atoms with Gasteiger partial charge in [-0.1, -0.05) is 137 Å². The van der Waals surface area contributed by atoms with Crippen LogP contribution < -0.4 is 27.3 Å². The molecule has 0 spiro atoms. The predicted octanol–water partition coefficient (Wildman–Crippen LogP) is 7.55. The predicted molar refractivity (Wildman–Crippen MR) is 269 cm³/mol. The largest absolute Gasteiger partial charge is 0.455 e. The van der Waals surface area contributed by atoms with Crippen LogP contribution in [0.3, 0.4) is 0 Å². The van der Waals surface area contributed by atoms with Crippen molar-refractivity contribution in [2.75, 3.05) is 0 Å². The fourth-order valence-electron chi connectivity index (χ4n) is 9.37. The zero-order chi connectivity index (χ0) is 43.5. The number of fused-ring (bicyclic) bond motifs is 10. The zero-order valence-corrected chi connectivity index (χ0v) is 34.9. The maximum atomic E-state index is 6.83. The molecule has 64 heavy (non-hydrogen) atoms. The highest BCUT2D eigenvalue weighted by Gasteiger charge is 2.26. The molecule has 12 aromatic rings. The van der Waals surface area contributed by atoms with Crippen molar-refractivity contribution in [1.29, 1.82) is 0 Å². The van der Waals surface area contributed by atoms with Crippen LogP contribution in [-0.2, 0) is 0 Å². The van der Waals surface area contributed by atoms with Crippen LogP contribution in [0.1, 0.15) is 11.1 Å². The molecule has 0 saturated carbocycles. The average Bonchev–Trinajstić information content (AvgIpc) is 3.98. The molecule has 0 amide bonds. The van der Waals surface area contributed by atoms with Crippen LogP contribution in [0.5, 0.6) is 0 Å². The molecule has 0 aliphatic carbocycles. The van der Waals surface area contributed by atoms with Crippen LogP contribution in [0.25, 0.3) is 111 Å². The van der Waals surface area contributed by atoms with E-state index in [1.807, 2.05) is 30.3 Å². The summed E-state index contributed by atoms with van der Waals surface area (Å²) in [6.07, 6.45) is 0. The van der Waals surface area contributed by atoms with E-state index >= 15 is 0 Å². The van der Waals surface area contributed by atoms with Crippen molar-refractivity contribution in [2.24, 2.45) is 0 Å². The molecule has 0 bridgehead atoms. The van der Waals surface area contributed by atoms with Gasteiger partial charge in [-0.25, -0.2) is 4.98 Å². The quantitative estimate of drug-likeness (QED) is 0.169. The second-order valence-electron chi connectivity index (χ2n) is 16.5. The fourth-order valence-corrected chi connectivity index (χ4v) is 9.37. The van der Waals surface area contributed by atoms with Gasteiger partial charge in [-0.2, -0.15) is 9.97 Å². The summed E-state index contributed by atoms with van der Waals surface area (Å²) in [6, 6.07) is 49.9. The van der Waals surface area contributed by atoms with Crippen molar-refractivity contribution in [2.45, 2.75) is 13.8 Å². The van der Waals surface area contributed by atoms with E-state index in [1.165, 1.54) is 0 Å². The summed E-state index contributed by atoms with van der Waals surface area (Å²) >= 11 is 0. The van der Waals surface area contributed by atoms with Crippen molar-refractivity contribution in [1.82, 2.24) is 24.1 Å². The Labute approximate surface area is 375 Å². The summed E-state index contributed by atoms with van der Waals surface area (Å²) in [5.41, 5.74) is 12.0. The van der Waals surface area contributed by atoms with Gasteiger partial charge in [-0.15, -0.1) is 16.4 Å². The smallest absolute Gasteiger partial charge is 0.238 e. The Morgan fingerprint density at radius 3 is 1.50 bits per heavy atom.